The minimum Gasteiger partial charge on any atom is -0.469 e. The van der Waals surface area contributed by atoms with E-state index in [0.717, 1.165) is 5.56 Å². The maximum Gasteiger partial charge on any atom is 0.306 e. The number of hydrogen-bond donors (Lipinski definition) is 1. The van der Waals surface area contributed by atoms with Crippen LogP contribution >= 0.6 is 46.4 Å². The predicted molar refractivity (Wildman–Crippen MR) is 113 cm³/mol. The third-order valence-electron chi connectivity index (χ3n) is 3.85. The number of halogens is 4. The molecule has 0 aromatic heterocycles. The van der Waals surface area contributed by atoms with Gasteiger partial charge in [0.25, 0.3) is 0 Å². The number of hydrogen-bond acceptors (Lipinski definition) is 4. The minimum atomic E-state index is -0.372. The molecule has 150 valence electrons. The molecular weight excluding hydrogens is 446 g/mol. The number of carbonyl (C=O) groups excluding carboxylic acids is 2. The number of esters is 1. The fourth-order valence-corrected chi connectivity index (χ4v) is 3.38. The van der Waals surface area contributed by atoms with Crippen LogP contribution in [-0.4, -0.2) is 37.0 Å². The van der Waals surface area contributed by atoms with Crippen LogP contribution in [0.25, 0.3) is 0 Å². The largest absolute Gasteiger partial charge is 0.469 e. The number of anilines is 1. The maximum atomic E-state index is 12.6. The van der Waals surface area contributed by atoms with Gasteiger partial charge in [-0.1, -0.05) is 76.7 Å². The number of carbonyl (C=O) groups is 2. The van der Waals surface area contributed by atoms with E-state index in [2.05, 4.69) is 10.1 Å². The molecular formula is C19H18Cl4N2O3. The lowest BCUT2D eigenvalue weighted by atomic mass is 10.2. The van der Waals surface area contributed by atoms with Crippen molar-refractivity contribution in [1.29, 1.82) is 0 Å². The molecule has 0 radical (unpaired) electrons. The molecule has 0 heterocycles. The first-order chi connectivity index (χ1) is 13.3. The van der Waals surface area contributed by atoms with Gasteiger partial charge in [-0.15, -0.1) is 0 Å². The monoisotopic (exact) mass is 462 g/mol. The summed E-state index contributed by atoms with van der Waals surface area (Å²) in [5.41, 5.74) is 1.15. The molecule has 0 aliphatic carbocycles. The molecule has 0 bridgehead atoms. The van der Waals surface area contributed by atoms with Gasteiger partial charge in [0.15, 0.2) is 0 Å². The molecule has 2 aromatic carbocycles. The maximum absolute atomic E-state index is 12.6. The lowest BCUT2D eigenvalue weighted by Crippen LogP contribution is -2.34. The van der Waals surface area contributed by atoms with Crippen LogP contribution < -0.4 is 5.32 Å². The predicted octanol–water partition coefficient (Wildman–Crippen LogP) is 5.30. The van der Waals surface area contributed by atoms with Crippen molar-refractivity contribution < 1.29 is 14.3 Å². The molecule has 0 saturated heterocycles. The van der Waals surface area contributed by atoms with E-state index in [1.807, 2.05) is 35.2 Å². The Kier molecular flexibility index (Phi) is 8.86. The molecule has 0 aliphatic rings. The summed E-state index contributed by atoms with van der Waals surface area (Å²) < 4.78 is 4.68. The van der Waals surface area contributed by atoms with Crippen molar-refractivity contribution in [2.24, 2.45) is 0 Å². The highest BCUT2D eigenvalue weighted by molar-refractivity contribution is 6.50. The van der Waals surface area contributed by atoms with E-state index in [4.69, 9.17) is 46.4 Å². The van der Waals surface area contributed by atoms with Crippen molar-refractivity contribution in [2.75, 3.05) is 25.5 Å². The van der Waals surface area contributed by atoms with E-state index in [0.29, 0.717) is 13.1 Å². The standard InChI is InChI=1S/C19H18Cl4N2O3/c1-28-16(27)7-8-25(10-12-5-3-2-4-6-12)11-15(26)24-19-17(22)13(20)9-14(21)18(19)23/h2-6,9H,7-8,10-11H2,1H3,(H,24,26). The van der Waals surface area contributed by atoms with Gasteiger partial charge in [-0.3, -0.25) is 14.5 Å². The van der Waals surface area contributed by atoms with Crippen LogP contribution in [0.4, 0.5) is 5.69 Å². The van der Waals surface area contributed by atoms with E-state index in [-0.39, 0.29) is 50.6 Å². The van der Waals surface area contributed by atoms with E-state index in [1.165, 1.54) is 13.2 Å². The summed E-state index contributed by atoms with van der Waals surface area (Å²) in [4.78, 5) is 25.9. The molecule has 0 aliphatic heterocycles. The third kappa shape index (κ3) is 6.54. The van der Waals surface area contributed by atoms with Crippen LogP contribution in [0.3, 0.4) is 0 Å². The van der Waals surface area contributed by atoms with Crippen molar-refractivity contribution in [2.45, 2.75) is 13.0 Å². The zero-order chi connectivity index (χ0) is 20.7. The van der Waals surface area contributed by atoms with Crippen molar-refractivity contribution in [3.8, 4) is 0 Å². The highest BCUT2D eigenvalue weighted by Crippen LogP contribution is 2.40. The van der Waals surface area contributed by atoms with Gasteiger partial charge in [-0.25, -0.2) is 0 Å². The van der Waals surface area contributed by atoms with Crippen LogP contribution in [0.1, 0.15) is 12.0 Å². The number of methoxy groups -OCH3 is 1. The Labute approximate surface area is 183 Å². The average molecular weight is 464 g/mol. The number of amides is 1. The van der Waals surface area contributed by atoms with Gasteiger partial charge >= 0.3 is 5.97 Å². The molecule has 0 fully saturated rings. The molecule has 5 nitrogen and oxygen atoms in total. The normalized spacial score (nSPS) is 10.8. The van der Waals surface area contributed by atoms with Crippen molar-refractivity contribution in [3.63, 3.8) is 0 Å². The van der Waals surface area contributed by atoms with Crippen LogP contribution in [0, 0.1) is 0 Å². The molecule has 2 aromatic rings. The van der Waals surface area contributed by atoms with Gasteiger partial charge in [-0.2, -0.15) is 0 Å². The van der Waals surface area contributed by atoms with Gasteiger partial charge in [0.05, 0.1) is 45.9 Å². The Morgan fingerprint density at radius 3 is 2.21 bits per heavy atom. The van der Waals surface area contributed by atoms with Crippen LogP contribution in [0.5, 0.6) is 0 Å². The Bertz CT molecular complexity index is 821. The van der Waals surface area contributed by atoms with Crippen molar-refractivity contribution >= 4 is 64.0 Å². The summed E-state index contributed by atoms with van der Waals surface area (Å²) in [7, 11) is 1.32. The first-order valence-corrected chi connectivity index (χ1v) is 9.79. The quantitative estimate of drug-likeness (QED) is 0.426. The minimum absolute atomic E-state index is 0.00266. The summed E-state index contributed by atoms with van der Waals surface area (Å²) in [6.07, 6.45) is 0.154. The molecule has 2 rings (SSSR count). The number of nitrogens with one attached hydrogen (secondary N) is 1. The first kappa shape index (κ1) is 22.8. The second kappa shape index (κ2) is 10.9. The SMILES string of the molecule is COC(=O)CCN(CC(=O)Nc1c(Cl)c(Cl)cc(Cl)c1Cl)Cc1ccccc1. The summed E-state index contributed by atoms with van der Waals surface area (Å²) in [5.74, 6) is -0.728. The van der Waals surface area contributed by atoms with Gasteiger partial charge in [0.2, 0.25) is 5.91 Å². The van der Waals surface area contributed by atoms with E-state index < -0.39 is 0 Å². The highest BCUT2D eigenvalue weighted by Gasteiger charge is 2.19. The summed E-state index contributed by atoms with van der Waals surface area (Å²) in [5, 5.41) is 3.22. The zero-order valence-electron chi connectivity index (χ0n) is 15.0. The van der Waals surface area contributed by atoms with E-state index >= 15 is 0 Å². The summed E-state index contributed by atoms with van der Waals surface area (Å²) in [6, 6.07) is 11.0. The van der Waals surface area contributed by atoms with Crippen LogP contribution in [0.15, 0.2) is 36.4 Å². The Morgan fingerprint density at radius 1 is 1.04 bits per heavy atom. The highest BCUT2D eigenvalue weighted by atomic mass is 35.5. The van der Waals surface area contributed by atoms with Crippen LogP contribution in [-0.2, 0) is 20.9 Å². The Balaban J connectivity index is 2.12. The van der Waals surface area contributed by atoms with Gasteiger partial charge in [0, 0.05) is 13.1 Å². The molecule has 1 N–H and O–H groups in total. The Hall–Kier alpha value is -1.50. The van der Waals surface area contributed by atoms with Crippen molar-refractivity contribution in [3.05, 3.63) is 62.1 Å². The Morgan fingerprint density at radius 2 is 1.64 bits per heavy atom. The second-order valence-electron chi connectivity index (χ2n) is 5.91. The van der Waals surface area contributed by atoms with E-state index in [1.54, 1.807) is 0 Å². The van der Waals surface area contributed by atoms with Crippen molar-refractivity contribution in [1.82, 2.24) is 4.90 Å². The fourth-order valence-electron chi connectivity index (χ4n) is 2.47. The molecule has 0 atom stereocenters. The average Bonchev–Trinajstić information content (AvgIpc) is 2.68. The number of ether oxygens (including phenoxy) is 1. The molecule has 1 amide bonds. The first-order valence-electron chi connectivity index (χ1n) is 8.27. The number of nitrogens with zero attached hydrogens (tertiary/aromatic N) is 1. The number of rotatable bonds is 8. The summed E-state index contributed by atoms with van der Waals surface area (Å²) >= 11 is 24.3. The lowest BCUT2D eigenvalue weighted by molar-refractivity contribution is -0.141. The molecule has 0 spiro atoms. The molecule has 9 heteroatoms. The second-order valence-corrected chi connectivity index (χ2v) is 7.48. The molecule has 0 unspecified atom stereocenters. The topological polar surface area (TPSA) is 58.6 Å². The van der Waals surface area contributed by atoms with Gasteiger partial charge in [0.1, 0.15) is 0 Å². The lowest BCUT2D eigenvalue weighted by Gasteiger charge is -2.22. The van der Waals surface area contributed by atoms with Gasteiger partial charge in [-0.05, 0) is 11.6 Å². The smallest absolute Gasteiger partial charge is 0.306 e. The zero-order valence-corrected chi connectivity index (χ0v) is 18.0. The molecule has 0 saturated carbocycles. The third-order valence-corrected chi connectivity index (χ3v) is 5.43. The van der Waals surface area contributed by atoms with Crippen LogP contribution in [0.2, 0.25) is 20.1 Å². The molecule has 28 heavy (non-hydrogen) atoms. The summed E-state index contributed by atoms with van der Waals surface area (Å²) in [6.45, 7) is 0.818. The van der Waals surface area contributed by atoms with E-state index in [9.17, 15) is 9.59 Å². The fraction of sp³-hybridized carbons (Fsp3) is 0.263. The van der Waals surface area contributed by atoms with Gasteiger partial charge < -0.3 is 10.1 Å². The number of benzene rings is 2.